The van der Waals surface area contributed by atoms with Crippen molar-refractivity contribution < 1.29 is 19.0 Å². The van der Waals surface area contributed by atoms with E-state index in [2.05, 4.69) is 39.0 Å². The molecule has 0 aromatic heterocycles. The molecule has 0 radical (unpaired) electrons. The van der Waals surface area contributed by atoms with E-state index < -0.39 is 5.92 Å². The van der Waals surface area contributed by atoms with Crippen LogP contribution < -0.4 is 15.2 Å². The standard InChI is InChI=1S/C29H32N2O4/c1-16-9-17(2)21(18(3)10-16)15-34-23-8-7-19(11-24(23)33-6)26-20(14-30)28(31)35-25-13-29(4,5)12-22(32)27(25)26/h7-11,26H,12-13,15,31H2,1-6H3/t26-/m0/s1. The molecular formula is C29H32N2O4. The van der Waals surface area contributed by atoms with Crippen molar-refractivity contribution in [2.45, 2.75) is 60.0 Å². The lowest BCUT2D eigenvalue weighted by atomic mass is 9.70. The van der Waals surface area contributed by atoms with Gasteiger partial charge in [-0.1, -0.05) is 37.6 Å². The average Bonchev–Trinajstić information content (AvgIpc) is 2.76. The van der Waals surface area contributed by atoms with E-state index in [4.69, 9.17) is 19.9 Å². The first kappa shape index (κ1) is 24.4. The van der Waals surface area contributed by atoms with Crippen LogP contribution in [0.3, 0.4) is 0 Å². The largest absolute Gasteiger partial charge is 0.493 e. The number of methoxy groups -OCH3 is 1. The lowest BCUT2D eigenvalue weighted by Gasteiger charge is -2.37. The molecule has 4 rings (SSSR count). The molecule has 0 saturated carbocycles. The van der Waals surface area contributed by atoms with Gasteiger partial charge in [0.05, 0.1) is 13.0 Å². The van der Waals surface area contributed by atoms with Gasteiger partial charge in [0.15, 0.2) is 17.3 Å². The fourth-order valence-electron chi connectivity index (χ4n) is 5.19. The van der Waals surface area contributed by atoms with Crippen LogP contribution in [0, 0.1) is 37.5 Å². The van der Waals surface area contributed by atoms with E-state index in [1.165, 1.54) is 16.7 Å². The van der Waals surface area contributed by atoms with Gasteiger partial charge >= 0.3 is 0 Å². The number of carbonyl (C=O) groups excluding carboxylic acids is 1. The summed E-state index contributed by atoms with van der Waals surface area (Å²) >= 11 is 0. The van der Waals surface area contributed by atoms with E-state index in [9.17, 15) is 10.1 Å². The molecule has 2 N–H and O–H groups in total. The van der Waals surface area contributed by atoms with Gasteiger partial charge in [0, 0.05) is 18.4 Å². The van der Waals surface area contributed by atoms with Crippen LogP contribution in [-0.2, 0) is 16.1 Å². The number of nitrogens with zero attached hydrogens (tertiary/aromatic N) is 1. The maximum absolute atomic E-state index is 13.2. The first-order valence-corrected chi connectivity index (χ1v) is 11.8. The number of rotatable bonds is 5. The molecule has 0 saturated heterocycles. The monoisotopic (exact) mass is 472 g/mol. The van der Waals surface area contributed by atoms with Crippen molar-refractivity contribution in [2.24, 2.45) is 11.1 Å². The summed E-state index contributed by atoms with van der Waals surface area (Å²) in [4.78, 5) is 13.2. The second-order valence-corrected chi connectivity index (χ2v) is 10.3. The molecule has 0 unspecified atom stereocenters. The average molecular weight is 473 g/mol. The molecule has 1 atom stereocenters. The minimum atomic E-state index is -0.600. The molecule has 0 fully saturated rings. The summed E-state index contributed by atoms with van der Waals surface area (Å²) in [6.07, 6.45) is 0.968. The molecule has 35 heavy (non-hydrogen) atoms. The number of aryl methyl sites for hydroxylation is 3. The van der Waals surface area contributed by atoms with Gasteiger partial charge in [0.25, 0.3) is 0 Å². The number of hydrogen-bond acceptors (Lipinski definition) is 6. The topological polar surface area (TPSA) is 94.6 Å². The summed E-state index contributed by atoms with van der Waals surface area (Å²) in [5.74, 6) is 1.09. The van der Waals surface area contributed by atoms with E-state index >= 15 is 0 Å². The molecule has 2 aromatic rings. The summed E-state index contributed by atoms with van der Waals surface area (Å²) in [5.41, 5.74) is 12.1. The number of benzene rings is 2. The van der Waals surface area contributed by atoms with Crippen LogP contribution in [0.5, 0.6) is 11.5 Å². The third-order valence-corrected chi connectivity index (χ3v) is 6.81. The quantitative estimate of drug-likeness (QED) is 0.604. The number of hydrogen-bond donors (Lipinski definition) is 1. The Morgan fingerprint density at radius 1 is 1.11 bits per heavy atom. The lowest BCUT2D eigenvalue weighted by molar-refractivity contribution is -0.119. The lowest BCUT2D eigenvalue weighted by Crippen LogP contribution is -2.33. The second-order valence-electron chi connectivity index (χ2n) is 10.3. The van der Waals surface area contributed by atoms with E-state index in [-0.39, 0.29) is 22.7 Å². The van der Waals surface area contributed by atoms with Crippen molar-refractivity contribution in [3.05, 3.63) is 80.9 Å². The number of ether oxygens (including phenoxy) is 3. The highest BCUT2D eigenvalue weighted by Gasteiger charge is 2.43. The number of carbonyl (C=O) groups is 1. The predicted molar refractivity (Wildman–Crippen MR) is 134 cm³/mol. The number of ketones is 1. The molecule has 0 bridgehead atoms. The Morgan fingerprint density at radius 2 is 1.80 bits per heavy atom. The smallest absolute Gasteiger partial charge is 0.205 e. The fraction of sp³-hybridized carbons (Fsp3) is 0.379. The Labute approximate surface area is 207 Å². The van der Waals surface area contributed by atoms with Crippen molar-refractivity contribution in [1.82, 2.24) is 0 Å². The van der Waals surface area contributed by atoms with Gasteiger partial charge in [-0.3, -0.25) is 4.79 Å². The highest BCUT2D eigenvalue weighted by atomic mass is 16.5. The van der Waals surface area contributed by atoms with Crippen LogP contribution in [0.15, 0.2) is 53.1 Å². The Balaban J connectivity index is 1.71. The van der Waals surface area contributed by atoms with Gasteiger partial charge in [0.1, 0.15) is 24.0 Å². The minimum Gasteiger partial charge on any atom is -0.493 e. The normalized spacial score (nSPS) is 19.1. The molecule has 0 amide bonds. The first-order valence-electron chi connectivity index (χ1n) is 11.8. The maximum atomic E-state index is 13.2. The van der Waals surface area contributed by atoms with Gasteiger partial charge in [-0.15, -0.1) is 0 Å². The molecule has 0 spiro atoms. The van der Waals surface area contributed by atoms with Gasteiger partial charge < -0.3 is 19.9 Å². The second kappa shape index (κ2) is 9.14. The van der Waals surface area contributed by atoms with Gasteiger partial charge in [0.2, 0.25) is 5.88 Å². The van der Waals surface area contributed by atoms with Crippen molar-refractivity contribution in [3.63, 3.8) is 0 Å². The third kappa shape index (κ3) is 4.64. The SMILES string of the molecule is COc1cc([C@H]2C(C#N)=C(N)OC3=C2C(=O)CC(C)(C)C3)ccc1OCc1c(C)cc(C)cc1C. The molecule has 2 aromatic carbocycles. The number of nitrogens with two attached hydrogens (primary N) is 1. The van der Waals surface area contributed by atoms with Crippen molar-refractivity contribution in [2.75, 3.05) is 7.11 Å². The molecule has 1 heterocycles. The first-order chi connectivity index (χ1) is 16.5. The minimum absolute atomic E-state index is 0.0221. The Hall–Kier alpha value is -3.72. The van der Waals surface area contributed by atoms with Crippen LogP contribution in [0.2, 0.25) is 0 Å². The highest BCUT2D eigenvalue weighted by molar-refractivity contribution is 6.00. The summed E-state index contributed by atoms with van der Waals surface area (Å²) in [7, 11) is 1.58. The summed E-state index contributed by atoms with van der Waals surface area (Å²) in [6.45, 7) is 10.7. The van der Waals surface area contributed by atoms with Gasteiger partial charge in [-0.2, -0.15) is 5.26 Å². The van der Waals surface area contributed by atoms with Crippen molar-refractivity contribution in [1.29, 1.82) is 5.26 Å². The van der Waals surface area contributed by atoms with Crippen LogP contribution in [0.25, 0.3) is 0 Å². The van der Waals surface area contributed by atoms with Crippen LogP contribution >= 0.6 is 0 Å². The molecule has 1 aliphatic heterocycles. The molecular weight excluding hydrogens is 440 g/mol. The maximum Gasteiger partial charge on any atom is 0.205 e. The Morgan fingerprint density at radius 3 is 2.43 bits per heavy atom. The van der Waals surface area contributed by atoms with Crippen LogP contribution in [-0.4, -0.2) is 12.9 Å². The molecule has 6 heteroatoms. The third-order valence-electron chi connectivity index (χ3n) is 6.81. The fourth-order valence-corrected chi connectivity index (χ4v) is 5.19. The number of nitriles is 1. The zero-order valence-corrected chi connectivity index (χ0v) is 21.2. The summed E-state index contributed by atoms with van der Waals surface area (Å²) in [6, 6.07) is 12.0. The zero-order chi connectivity index (χ0) is 25.5. The van der Waals surface area contributed by atoms with Crippen LogP contribution in [0.4, 0.5) is 0 Å². The van der Waals surface area contributed by atoms with Crippen LogP contribution in [0.1, 0.15) is 60.4 Å². The highest BCUT2D eigenvalue weighted by Crippen LogP contribution is 2.48. The summed E-state index contributed by atoms with van der Waals surface area (Å²) < 4.78 is 17.6. The number of allylic oxidation sites excluding steroid dienone is 3. The Kier molecular flexibility index (Phi) is 6.38. The Bertz CT molecular complexity index is 1290. The van der Waals surface area contributed by atoms with E-state index in [0.29, 0.717) is 42.3 Å². The predicted octanol–water partition coefficient (Wildman–Crippen LogP) is 5.65. The summed E-state index contributed by atoms with van der Waals surface area (Å²) in [5, 5.41) is 9.88. The van der Waals surface area contributed by atoms with E-state index in [0.717, 1.165) is 11.1 Å². The molecule has 2 aliphatic rings. The molecule has 1 aliphatic carbocycles. The molecule has 6 nitrogen and oxygen atoms in total. The number of Topliss-reactive ketones (excluding diaryl/α,β-unsaturated/α-hetero) is 1. The van der Waals surface area contributed by atoms with E-state index in [1.807, 2.05) is 32.0 Å². The van der Waals surface area contributed by atoms with Gasteiger partial charge in [-0.25, -0.2) is 0 Å². The zero-order valence-electron chi connectivity index (χ0n) is 21.2. The van der Waals surface area contributed by atoms with Crippen molar-refractivity contribution in [3.8, 4) is 17.6 Å². The van der Waals surface area contributed by atoms with Crippen molar-refractivity contribution >= 4 is 5.78 Å². The van der Waals surface area contributed by atoms with Gasteiger partial charge in [-0.05, 0) is 60.6 Å². The van der Waals surface area contributed by atoms with E-state index in [1.54, 1.807) is 7.11 Å². The molecule has 182 valence electrons.